The number of nitrogens with one attached hydrogen (secondary N) is 1. The van der Waals surface area contributed by atoms with Crippen molar-refractivity contribution < 1.29 is 13.2 Å². The third kappa shape index (κ3) is 3.50. The smallest absolute Gasteiger partial charge is 0.244 e. The first-order valence-electron chi connectivity index (χ1n) is 5.20. The topological polar surface area (TPSA) is 92.1 Å². The Kier molecular flexibility index (Phi) is 4.40. The van der Waals surface area contributed by atoms with Gasteiger partial charge in [0.1, 0.15) is 11.0 Å². The zero-order chi connectivity index (χ0) is 13.8. The molecule has 7 heteroatoms. The third-order valence-electron chi connectivity index (χ3n) is 2.08. The average Bonchev–Trinajstić information content (AvgIpc) is 2.27. The minimum Gasteiger partial charge on any atom is -0.383 e. The van der Waals surface area contributed by atoms with E-state index in [2.05, 4.69) is 9.71 Å². The van der Waals surface area contributed by atoms with Crippen LogP contribution in [0.5, 0.6) is 0 Å². The van der Waals surface area contributed by atoms with Crippen molar-refractivity contribution in [3.63, 3.8) is 0 Å². The molecule has 0 aliphatic heterocycles. The summed E-state index contributed by atoms with van der Waals surface area (Å²) in [6.07, 6.45) is 1.37. The molecule has 0 aliphatic rings. The van der Waals surface area contributed by atoms with E-state index >= 15 is 0 Å². The molecule has 1 N–H and O–H groups in total. The molecule has 0 saturated heterocycles. The molecule has 1 rings (SSSR count). The SMILES string of the molecule is COCC(C)(C)NS(=O)(=O)c1cccnc1C#N. The summed E-state index contributed by atoms with van der Waals surface area (Å²) in [5.74, 6) is 0. The van der Waals surface area contributed by atoms with Gasteiger partial charge in [-0.25, -0.2) is 18.1 Å². The van der Waals surface area contributed by atoms with E-state index in [1.807, 2.05) is 0 Å². The van der Waals surface area contributed by atoms with Gasteiger partial charge < -0.3 is 4.74 Å². The maximum Gasteiger partial charge on any atom is 0.244 e. The van der Waals surface area contributed by atoms with Crippen LogP contribution in [0.1, 0.15) is 19.5 Å². The Morgan fingerprint density at radius 1 is 1.56 bits per heavy atom. The minimum atomic E-state index is -3.80. The molecule has 18 heavy (non-hydrogen) atoms. The number of pyridine rings is 1. The number of methoxy groups -OCH3 is 1. The van der Waals surface area contributed by atoms with Crippen molar-refractivity contribution in [2.75, 3.05) is 13.7 Å². The molecule has 0 aliphatic carbocycles. The molecule has 1 aromatic heterocycles. The van der Waals surface area contributed by atoms with Gasteiger partial charge in [-0.15, -0.1) is 0 Å². The maximum absolute atomic E-state index is 12.1. The number of nitrogens with zero attached hydrogens (tertiary/aromatic N) is 2. The molecule has 1 aromatic rings. The molecule has 0 fully saturated rings. The van der Waals surface area contributed by atoms with Crippen LogP contribution in [0.25, 0.3) is 0 Å². The Hall–Kier alpha value is -1.49. The molecule has 0 aromatic carbocycles. The molecular weight excluding hydrogens is 254 g/mol. The van der Waals surface area contributed by atoms with Crippen LogP contribution in [0.4, 0.5) is 0 Å². The highest BCUT2D eigenvalue weighted by atomic mass is 32.2. The second kappa shape index (κ2) is 5.44. The number of hydrogen-bond donors (Lipinski definition) is 1. The van der Waals surface area contributed by atoms with Crippen LogP contribution in [-0.4, -0.2) is 32.7 Å². The van der Waals surface area contributed by atoms with Crippen LogP contribution in [-0.2, 0) is 14.8 Å². The first-order valence-corrected chi connectivity index (χ1v) is 6.69. The molecule has 0 saturated carbocycles. The predicted octanol–water partition coefficient (Wildman–Crippen LogP) is 0.657. The van der Waals surface area contributed by atoms with E-state index in [0.29, 0.717) is 0 Å². The molecule has 0 radical (unpaired) electrons. The average molecular weight is 269 g/mol. The largest absolute Gasteiger partial charge is 0.383 e. The molecule has 0 unspecified atom stereocenters. The Bertz CT molecular complexity index is 561. The molecular formula is C11H15N3O3S. The highest BCUT2D eigenvalue weighted by Crippen LogP contribution is 2.15. The third-order valence-corrected chi connectivity index (χ3v) is 3.81. The van der Waals surface area contributed by atoms with Crippen LogP contribution < -0.4 is 4.72 Å². The van der Waals surface area contributed by atoms with Gasteiger partial charge in [0.2, 0.25) is 10.0 Å². The van der Waals surface area contributed by atoms with Gasteiger partial charge in [0, 0.05) is 13.3 Å². The summed E-state index contributed by atoms with van der Waals surface area (Å²) >= 11 is 0. The Balaban J connectivity index is 3.12. The second-order valence-corrected chi connectivity index (χ2v) is 6.04. The van der Waals surface area contributed by atoms with Crippen LogP contribution in [0.15, 0.2) is 23.2 Å². The van der Waals surface area contributed by atoms with Gasteiger partial charge in [-0.3, -0.25) is 0 Å². The van der Waals surface area contributed by atoms with E-state index < -0.39 is 15.6 Å². The van der Waals surface area contributed by atoms with E-state index in [-0.39, 0.29) is 17.2 Å². The number of ether oxygens (including phenoxy) is 1. The van der Waals surface area contributed by atoms with Gasteiger partial charge in [-0.1, -0.05) is 0 Å². The Morgan fingerprint density at radius 3 is 2.78 bits per heavy atom. The fraction of sp³-hybridized carbons (Fsp3) is 0.455. The molecule has 6 nitrogen and oxygen atoms in total. The normalized spacial score (nSPS) is 12.1. The highest BCUT2D eigenvalue weighted by Gasteiger charge is 2.28. The highest BCUT2D eigenvalue weighted by molar-refractivity contribution is 7.89. The maximum atomic E-state index is 12.1. The number of rotatable bonds is 5. The van der Waals surface area contributed by atoms with Crippen molar-refractivity contribution >= 4 is 10.0 Å². The summed E-state index contributed by atoms with van der Waals surface area (Å²) in [5.41, 5.74) is -0.894. The molecule has 1 heterocycles. The van der Waals surface area contributed by atoms with Crippen LogP contribution in [0.2, 0.25) is 0 Å². The van der Waals surface area contributed by atoms with Crippen molar-refractivity contribution in [3.8, 4) is 6.07 Å². The standard InChI is InChI=1S/C11H15N3O3S/c1-11(2,8-17-3)14-18(15,16)10-5-4-6-13-9(10)7-12/h4-6,14H,8H2,1-3H3. The van der Waals surface area contributed by atoms with E-state index in [9.17, 15) is 8.42 Å². The molecule has 0 spiro atoms. The summed E-state index contributed by atoms with van der Waals surface area (Å²) in [4.78, 5) is 3.60. The lowest BCUT2D eigenvalue weighted by atomic mass is 10.1. The fourth-order valence-corrected chi connectivity index (χ4v) is 3.01. The van der Waals surface area contributed by atoms with Crippen molar-refractivity contribution in [1.82, 2.24) is 9.71 Å². The van der Waals surface area contributed by atoms with E-state index in [4.69, 9.17) is 10.00 Å². The van der Waals surface area contributed by atoms with Crippen molar-refractivity contribution in [1.29, 1.82) is 5.26 Å². The van der Waals surface area contributed by atoms with Crippen molar-refractivity contribution in [3.05, 3.63) is 24.0 Å². The second-order valence-electron chi connectivity index (χ2n) is 4.38. The van der Waals surface area contributed by atoms with Gasteiger partial charge in [0.15, 0.2) is 5.69 Å². The van der Waals surface area contributed by atoms with Crippen LogP contribution in [0.3, 0.4) is 0 Å². The summed E-state index contributed by atoms with van der Waals surface area (Å²) in [7, 11) is -2.31. The molecule has 0 bridgehead atoms. The minimum absolute atomic E-state index is 0.127. The van der Waals surface area contributed by atoms with Crippen LogP contribution >= 0.6 is 0 Å². The lowest BCUT2D eigenvalue weighted by molar-refractivity contribution is 0.141. The van der Waals surface area contributed by atoms with E-state index in [1.165, 1.54) is 25.4 Å². The number of hydrogen-bond acceptors (Lipinski definition) is 5. The molecule has 98 valence electrons. The van der Waals surface area contributed by atoms with E-state index in [0.717, 1.165) is 0 Å². The quantitative estimate of drug-likeness (QED) is 0.847. The predicted molar refractivity (Wildman–Crippen MR) is 65.2 cm³/mol. The fourth-order valence-electron chi connectivity index (χ4n) is 1.50. The zero-order valence-corrected chi connectivity index (χ0v) is 11.3. The Morgan fingerprint density at radius 2 is 2.22 bits per heavy atom. The molecule has 0 amide bonds. The van der Waals surface area contributed by atoms with Gasteiger partial charge >= 0.3 is 0 Å². The van der Waals surface area contributed by atoms with E-state index in [1.54, 1.807) is 19.9 Å². The van der Waals surface area contributed by atoms with Crippen molar-refractivity contribution in [2.45, 2.75) is 24.3 Å². The summed E-state index contributed by atoms with van der Waals surface area (Å²) in [5, 5.41) is 8.85. The van der Waals surface area contributed by atoms with Gasteiger partial charge in [0.05, 0.1) is 12.1 Å². The number of sulfonamides is 1. The van der Waals surface area contributed by atoms with Gasteiger partial charge in [0.25, 0.3) is 0 Å². The summed E-state index contributed by atoms with van der Waals surface area (Å²) in [6.45, 7) is 3.60. The van der Waals surface area contributed by atoms with Crippen molar-refractivity contribution in [2.24, 2.45) is 0 Å². The summed E-state index contributed by atoms with van der Waals surface area (Å²) < 4.78 is 31.7. The van der Waals surface area contributed by atoms with Gasteiger partial charge in [-0.05, 0) is 26.0 Å². The van der Waals surface area contributed by atoms with Gasteiger partial charge in [-0.2, -0.15) is 5.26 Å². The summed E-state index contributed by atoms with van der Waals surface area (Å²) in [6, 6.07) is 4.57. The number of nitriles is 1. The lowest BCUT2D eigenvalue weighted by Gasteiger charge is -2.24. The first-order chi connectivity index (χ1) is 8.32. The Labute approximate surface area is 107 Å². The number of aromatic nitrogens is 1. The zero-order valence-electron chi connectivity index (χ0n) is 10.5. The van der Waals surface area contributed by atoms with Crippen LogP contribution in [0, 0.1) is 11.3 Å². The lowest BCUT2D eigenvalue weighted by Crippen LogP contribution is -2.46. The monoisotopic (exact) mass is 269 g/mol. The molecule has 0 atom stereocenters. The first kappa shape index (κ1) is 14.6.